The monoisotopic (exact) mass is 1020 g/mol. The highest BCUT2D eigenvalue weighted by Crippen LogP contribution is 2.52. The van der Waals surface area contributed by atoms with Gasteiger partial charge in [-0.3, -0.25) is 0 Å². The molecule has 2 aromatic heterocycles. The second kappa shape index (κ2) is 17.4. The van der Waals surface area contributed by atoms with Crippen molar-refractivity contribution in [3.05, 3.63) is 248 Å². The van der Waals surface area contributed by atoms with Crippen LogP contribution in [0.25, 0.3) is 103 Å². The molecule has 0 amide bonds. The van der Waals surface area contributed by atoms with Gasteiger partial charge < -0.3 is 9.47 Å². The SMILES string of the molecule is CC(C)(C)c1cc(-c2cccc(-c3ccccc3)c2N2c3cc4c(cc3B3c5c2cc(-c2ccccc2)cc5-n2c5cc(-c6ccccc6)ccc5c5ccc(-c6ccccc6)c3c52)sc2ccccc24)cc(C(C)(C)C)c1. The molecule has 0 spiro atoms. The van der Waals surface area contributed by atoms with Crippen molar-refractivity contribution in [2.24, 2.45) is 0 Å². The molecule has 372 valence electrons. The van der Waals surface area contributed by atoms with E-state index in [1.807, 2.05) is 11.3 Å². The Morgan fingerprint density at radius 2 is 0.910 bits per heavy atom. The van der Waals surface area contributed by atoms with Gasteiger partial charge in [-0.25, -0.2) is 0 Å². The normalized spacial score (nSPS) is 12.9. The molecule has 13 aromatic rings. The summed E-state index contributed by atoms with van der Waals surface area (Å²) in [6.07, 6.45) is 0. The summed E-state index contributed by atoms with van der Waals surface area (Å²) >= 11 is 1.91. The highest BCUT2D eigenvalue weighted by atomic mass is 32.1. The van der Waals surface area contributed by atoms with Crippen LogP contribution in [0.3, 0.4) is 0 Å². The molecule has 0 radical (unpaired) electrons. The predicted octanol–water partition coefficient (Wildman–Crippen LogP) is 18.7. The number of para-hydroxylation sites is 1. The Hall–Kier alpha value is -8.70. The molecule has 0 unspecified atom stereocenters. The van der Waals surface area contributed by atoms with Crippen molar-refractivity contribution in [1.82, 2.24) is 4.57 Å². The standard InChI is InChI=1S/C74H57BN2S/c1-73(2,3)53-38-52(39-54(43-53)74(4,5)6)57-32-21-31-56(49-28-17-10-18-29-49)71(57)77-64-44-61-59-30-19-20-33-67(59)78-68(61)45-62(64)75-69-55(48-26-15-9-16-27-48)36-37-60-58-35-34-50(46-22-11-7-12-23-46)40-63(58)76(72(60)69)65-41-51(42-66(77)70(65)75)47-24-13-8-14-25-47/h7-45H,1-6H3. The molecular formula is C74H57BN2S. The number of benzene rings is 11. The first-order valence-corrected chi connectivity index (χ1v) is 28.3. The van der Waals surface area contributed by atoms with Crippen molar-refractivity contribution in [1.29, 1.82) is 0 Å². The summed E-state index contributed by atoms with van der Waals surface area (Å²) in [5.41, 5.74) is 25.8. The summed E-state index contributed by atoms with van der Waals surface area (Å²) in [5, 5.41) is 5.10. The van der Waals surface area contributed by atoms with E-state index < -0.39 is 0 Å². The third-order valence-electron chi connectivity index (χ3n) is 16.9. The molecule has 0 atom stereocenters. The van der Waals surface area contributed by atoms with Crippen LogP contribution < -0.4 is 21.3 Å². The first kappa shape index (κ1) is 46.6. The molecule has 4 heterocycles. The fourth-order valence-electron chi connectivity index (χ4n) is 13.0. The number of hydrogen-bond acceptors (Lipinski definition) is 2. The predicted molar refractivity (Wildman–Crippen MR) is 338 cm³/mol. The highest BCUT2D eigenvalue weighted by Gasteiger charge is 2.45. The van der Waals surface area contributed by atoms with Crippen molar-refractivity contribution >= 4 is 93.5 Å². The molecule has 0 fully saturated rings. The summed E-state index contributed by atoms with van der Waals surface area (Å²) in [6.45, 7) is 14.0. The van der Waals surface area contributed by atoms with Crippen LogP contribution in [-0.2, 0) is 10.8 Å². The molecule has 2 nitrogen and oxygen atoms in total. The minimum absolute atomic E-state index is 0.0814. The Kier molecular flexibility index (Phi) is 10.4. The molecule has 0 saturated heterocycles. The van der Waals surface area contributed by atoms with Gasteiger partial charge in [0.2, 0.25) is 0 Å². The molecular weight excluding hydrogens is 960 g/mol. The number of anilines is 3. The lowest BCUT2D eigenvalue weighted by atomic mass is 9.33. The quantitative estimate of drug-likeness (QED) is 0.151. The molecule has 4 heteroatoms. The first-order valence-electron chi connectivity index (χ1n) is 27.5. The van der Waals surface area contributed by atoms with Gasteiger partial charge in [0, 0.05) is 64.7 Å². The van der Waals surface area contributed by atoms with Crippen LogP contribution in [-0.4, -0.2) is 11.3 Å². The number of nitrogens with zero attached hydrogens (tertiary/aromatic N) is 2. The van der Waals surface area contributed by atoms with E-state index >= 15 is 0 Å². The third-order valence-corrected chi connectivity index (χ3v) is 18.0. The fourth-order valence-corrected chi connectivity index (χ4v) is 14.1. The number of rotatable bonds is 6. The van der Waals surface area contributed by atoms with Gasteiger partial charge in [0.05, 0.1) is 11.2 Å². The Bertz CT molecular complexity index is 4520. The van der Waals surface area contributed by atoms with Gasteiger partial charge in [0.25, 0.3) is 6.71 Å². The molecule has 78 heavy (non-hydrogen) atoms. The van der Waals surface area contributed by atoms with Crippen LogP contribution >= 0.6 is 11.3 Å². The molecule has 15 rings (SSSR count). The van der Waals surface area contributed by atoms with Crippen LogP contribution in [0.2, 0.25) is 0 Å². The van der Waals surface area contributed by atoms with E-state index in [0.29, 0.717) is 0 Å². The van der Waals surface area contributed by atoms with E-state index in [0.717, 1.165) is 0 Å². The maximum atomic E-state index is 2.72. The lowest BCUT2D eigenvalue weighted by Gasteiger charge is -2.42. The van der Waals surface area contributed by atoms with E-state index in [9.17, 15) is 0 Å². The number of aromatic nitrogens is 1. The Labute approximate surface area is 461 Å². The topological polar surface area (TPSA) is 8.17 Å². The smallest absolute Gasteiger partial charge is 0.253 e. The van der Waals surface area contributed by atoms with Crippen LogP contribution in [0.4, 0.5) is 17.1 Å². The van der Waals surface area contributed by atoms with Gasteiger partial charge in [0.15, 0.2) is 0 Å². The molecule has 2 aliphatic heterocycles. The van der Waals surface area contributed by atoms with Crippen molar-refractivity contribution in [3.8, 4) is 61.3 Å². The maximum Gasteiger partial charge on any atom is 0.253 e. The summed E-state index contributed by atoms with van der Waals surface area (Å²) in [5.74, 6) is 0. The highest BCUT2D eigenvalue weighted by molar-refractivity contribution is 7.26. The van der Waals surface area contributed by atoms with Crippen LogP contribution in [0.1, 0.15) is 52.7 Å². The molecule has 0 bridgehead atoms. The van der Waals surface area contributed by atoms with Crippen LogP contribution in [0.5, 0.6) is 0 Å². The molecule has 0 aliphatic carbocycles. The van der Waals surface area contributed by atoms with E-state index in [2.05, 4.69) is 288 Å². The van der Waals surface area contributed by atoms with Crippen molar-refractivity contribution in [2.45, 2.75) is 52.4 Å². The van der Waals surface area contributed by atoms with E-state index in [1.165, 1.54) is 148 Å². The maximum absolute atomic E-state index is 2.72. The zero-order valence-electron chi connectivity index (χ0n) is 44.9. The van der Waals surface area contributed by atoms with Gasteiger partial charge in [-0.2, -0.15) is 0 Å². The number of hydrogen-bond donors (Lipinski definition) is 0. The van der Waals surface area contributed by atoms with Crippen molar-refractivity contribution < 1.29 is 0 Å². The molecule has 0 saturated carbocycles. The van der Waals surface area contributed by atoms with Crippen molar-refractivity contribution in [2.75, 3.05) is 4.90 Å². The fraction of sp³-hybridized carbons (Fsp3) is 0.108. The van der Waals surface area contributed by atoms with E-state index in [4.69, 9.17) is 0 Å². The van der Waals surface area contributed by atoms with Crippen LogP contribution in [0.15, 0.2) is 237 Å². The van der Waals surface area contributed by atoms with Gasteiger partial charge in [-0.05, 0) is 119 Å². The minimum Gasteiger partial charge on any atom is -0.310 e. The van der Waals surface area contributed by atoms with Crippen LogP contribution in [0, 0.1) is 0 Å². The summed E-state index contributed by atoms with van der Waals surface area (Å²) < 4.78 is 5.26. The lowest BCUT2D eigenvalue weighted by Crippen LogP contribution is -2.61. The Balaban J connectivity index is 1.16. The Morgan fingerprint density at radius 1 is 0.346 bits per heavy atom. The molecule has 0 N–H and O–H groups in total. The summed E-state index contributed by atoms with van der Waals surface area (Å²) in [4.78, 5) is 2.72. The minimum atomic E-state index is -0.117. The number of fused-ring (bicyclic) bond motifs is 10. The second-order valence-electron chi connectivity index (χ2n) is 23.7. The molecule has 11 aromatic carbocycles. The lowest BCUT2D eigenvalue weighted by molar-refractivity contribution is 0.569. The Morgan fingerprint density at radius 3 is 1.56 bits per heavy atom. The zero-order valence-corrected chi connectivity index (χ0v) is 45.7. The van der Waals surface area contributed by atoms with Gasteiger partial charge >= 0.3 is 0 Å². The summed E-state index contributed by atoms with van der Waals surface area (Å²) in [7, 11) is 0. The van der Waals surface area contributed by atoms with Crippen molar-refractivity contribution in [3.63, 3.8) is 0 Å². The summed E-state index contributed by atoms with van der Waals surface area (Å²) in [6, 6.07) is 89.9. The second-order valence-corrected chi connectivity index (χ2v) is 24.7. The number of thiophene rings is 1. The largest absolute Gasteiger partial charge is 0.310 e. The van der Waals surface area contributed by atoms with Gasteiger partial charge in [-0.15, -0.1) is 11.3 Å². The van der Waals surface area contributed by atoms with E-state index in [1.54, 1.807) is 0 Å². The van der Waals surface area contributed by atoms with Gasteiger partial charge in [-0.1, -0.05) is 242 Å². The average molecular weight is 1020 g/mol. The average Bonchev–Trinajstić information content (AvgIpc) is 3.89. The van der Waals surface area contributed by atoms with Gasteiger partial charge in [0.1, 0.15) is 0 Å². The first-order chi connectivity index (χ1) is 38.0. The zero-order chi connectivity index (χ0) is 52.6. The third kappa shape index (κ3) is 7.23. The molecule has 2 aliphatic rings. The van der Waals surface area contributed by atoms with E-state index in [-0.39, 0.29) is 17.5 Å².